The number of nitrogens with zero attached hydrogens (tertiary/aromatic N) is 1. The molecule has 1 amide bonds. The molecule has 1 aromatic heterocycles. The highest BCUT2D eigenvalue weighted by Gasteiger charge is 2.28. The van der Waals surface area contributed by atoms with Gasteiger partial charge in [-0.1, -0.05) is 12.1 Å². The van der Waals surface area contributed by atoms with Gasteiger partial charge in [0.25, 0.3) is 0 Å². The van der Waals surface area contributed by atoms with Crippen LogP contribution >= 0.6 is 11.3 Å². The predicted molar refractivity (Wildman–Crippen MR) is 119 cm³/mol. The lowest BCUT2D eigenvalue weighted by Gasteiger charge is -2.24. The molecular weight excluding hydrogens is 424 g/mol. The van der Waals surface area contributed by atoms with Crippen molar-refractivity contribution in [2.45, 2.75) is 39.5 Å². The summed E-state index contributed by atoms with van der Waals surface area (Å²) in [6.45, 7) is 3.28. The van der Waals surface area contributed by atoms with Crippen molar-refractivity contribution in [3.63, 3.8) is 0 Å². The van der Waals surface area contributed by atoms with E-state index in [9.17, 15) is 18.0 Å². The average Bonchev–Trinajstić information content (AvgIpc) is 3.04. The highest BCUT2D eigenvalue weighted by Crippen LogP contribution is 2.38. The summed E-state index contributed by atoms with van der Waals surface area (Å²) < 4.78 is 30.9. The van der Waals surface area contributed by atoms with Gasteiger partial charge in [-0.2, -0.15) is 0 Å². The molecule has 1 aliphatic carbocycles. The van der Waals surface area contributed by atoms with Gasteiger partial charge in [0.05, 0.1) is 24.6 Å². The van der Waals surface area contributed by atoms with Crippen molar-refractivity contribution < 1.29 is 22.7 Å². The third kappa shape index (κ3) is 4.67. The highest BCUT2D eigenvalue weighted by molar-refractivity contribution is 7.92. The van der Waals surface area contributed by atoms with Gasteiger partial charge in [0.1, 0.15) is 11.5 Å². The van der Waals surface area contributed by atoms with E-state index in [2.05, 4.69) is 5.32 Å². The zero-order valence-corrected chi connectivity index (χ0v) is 19.2. The second-order valence-electron chi connectivity index (χ2n) is 7.51. The normalized spacial score (nSPS) is 13.5. The number of hydrogen-bond acceptors (Lipinski definition) is 6. The minimum absolute atomic E-state index is 0.383. The lowest BCUT2D eigenvalue weighted by atomic mass is 9.95. The zero-order chi connectivity index (χ0) is 22.1. The molecule has 0 aliphatic heterocycles. The summed E-state index contributed by atoms with van der Waals surface area (Å²) in [6.07, 6.45) is 4.72. The van der Waals surface area contributed by atoms with E-state index in [1.54, 1.807) is 13.0 Å². The summed E-state index contributed by atoms with van der Waals surface area (Å²) in [5, 5.41) is 3.19. The van der Waals surface area contributed by atoms with Gasteiger partial charge in [0, 0.05) is 4.88 Å². The molecule has 0 saturated carbocycles. The van der Waals surface area contributed by atoms with Crippen LogP contribution in [0.5, 0.6) is 0 Å². The first-order chi connectivity index (χ1) is 14.1. The van der Waals surface area contributed by atoms with Crippen molar-refractivity contribution in [2.24, 2.45) is 0 Å². The van der Waals surface area contributed by atoms with Crippen LogP contribution in [0.3, 0.4) is 0 Å². The molecule has 162 valence electrons. The molecule has 0 saturated heterocycles. The number of carbonyl (C=O) groups excluding carboxylic acids is 2. The molecular formula is C21H26N2O5S2. The number of nitrogens with one attached hydrogen (secondary N) is 1. The monoisotopic (exact) mass is 450 g/mol. The van der Waals surface area contributed by atoms with Crippen LogP contribution in [0.4, 0.5) is 10.7 Å². The number of sulfonamides is 1. The second-order valence-corrected chi connectivity index (χ2v) is 10.5. The molecule has 9 heteroatoms. The lowest BCUT2D eigenvalue weighted by Crippen LogP contribution is -2.38. The Bertz CT molecular complexity index is 1090. The standard InChI is InChI=1S/C21H26N2O5S2/c1-13-9-10-14(2)16(11-13)23(30(4,26)27)12-18(24)22-20-19(21(25)28-3)15-7-5-6-8-17(15)29-20/h9-11H,5-8,12H2,1-4H3,(H,22,24). The fraction of sp³-hybridized carbons (Fsp3) is 0.429. The van der Waals surface area contributed by atoms with E-state index < -0.39 is 21.9 Å². The van der Waals surface area contributed by atoms with E-state index in [1.807, 2.05) is 19.1 Å². The number of fused-ring (bicyclic) bond motifs is 1. The number of amides is 1. The van der Waals surface area contributed by atoms with E-state index in [4.69, 9.17) is 4.74 Å². The van der Waals surface area contributed by atoms with Crippen LogP contribution in [-0.4, -0.2) is 40.2 Å². The SMILES string of the molecule is COC(=O)c1c(NC(=O)CN(c2cc(C)ccc2C)S(C)(=O)=O)sc2c1CCCC2. The highest BCUT2D eigenvalue weighted by atomic mass is 32.2. The fourth-order valence-corrected chi connectivity index (χ4v) is 5.84. The zero-order valence-electron chi connectivity index (χ0n) is 17.6. The third-order valence-corrected chi connectivity index (χ3v) is 7.47. The molecule has 0 bridgehead atoms. The first-order valence-electron chi connectivity index (χ1n) is 9.69. The number of ether oxygens (including phenoxy) is 1. The van der Waals surface area contributed by atoms with Crippen LogP contribution in [0.2, 0.25) is 0 Å². The first kappa shape index (κ1) is 22.3. The molecule has 0 atom stereocenters. The number of thiophene rings is 1. The summed E-state index contributed by atoms with van der Waals surface area (Å²) in [4.78, 5) is 26.3. The summed E-state index contributed by atoms with van der Waals surface area (Å²) in [7, 11) is -2.38. The average molecular weight is 451 g/mol. The van der Waals surface area contributed by atoms with Gasteiger partial charge in [-0.15, -0.1) is 11.3 Å². The van der Waals surface area contributed by atoms with Gasteiger partial charge >= 0.3 is 5.97 Å². The Kier molecular flexibility index (Phi) is 6.52. The van der Waals surface area contributed by atoms with Crippen LogP contribution in [-0.2, 0) is 32.4 Å². The number of methoxy groups -OCH3 is 1. The van der Waals surface area contributed by atoms with Crippen molar-refractivity contribution in [3.05, 3.63) is 45.3 Å². The number of benzene rings is 1. The van der Waals surface area contributed by atoms with E-state index in [1.165, 1.54) is 18.4 Å². The first-order valence-corrected chi connectivity index (χ1v) is 12.4. The number of rotatable bonds is 6. The Morgan fingerprint density at radius 1 is 1.20 bits per heavy atom. The summed E-state index contributed by atoms with van der Waals surface area (Å²) in [5.41, 5.74) is 3.43. The van der Waals surface area contributed by atoms with Gasteiger partial charge in [-0.25, -0.2) is 13.2 Å². The van der Waals surface area contributed by atoms with E-state index in [0.717, 1.165) is 57.8 Å². The summed E-state index contributed by atoms with van der Waals surface area (Å²) in [6, 6.07) is 5.45. The Morgan fingerprint density at radius 2 is 1.90 bits per heavy atom. The van der Waals surface area contributed by atoms with Gasteiger partial charge in [-0.05, 0) is 62.3 Å². The smallest absolute Gasteiger partial charge is 0.341 e. The van der Waals surface area contributed by atoms with Gasteiger partial charge in [-0.3, -0.25) is 9.10 Å². The van der Waals surface area contributed by atoms with Crippen LogP contribution in [0.25, 0.3) is 0 Å². The molecule has 1 aromatic carbocycles. The summed E-state index contributed by atoms with van der Waals surface area (Å²) in [5.74, 6) is -0.996. The van der Waals surface area contributed by atoms with Crippen molar-refractivity contribution >= 4 is 43.9 Å². The van der Waals surface area contributed by atoms with Crippen LogP contribution in [0, 0.1) is 13.8 Å². The largest absolute Gasteiger partial charge is 0.465 e. The Hall–Kier alpha value is -2.39. The third-order valence-electron chi connectivity index (χ3n) is 5.13. The molecule has 1 aliphatic rings. The number of hydrogen-bond donors (Lipinski definition) is 1. The maximum atomic E-state index is 12.9. The molecule has 3 rings (SSSR count). The Balaban J connectivity index is 1.91. The van der Waals surface area contributed by atoms with E-state index in [-0.39, 0.29) is 6.54 Å². The van der Waals surface area contributed by atoms with Crippen molar-refractivity contribution in [1.82, 2.24) is 0 Å². The molecule has 1 N–H and O–H groups in total. The molecule has 7 nitrogen and oxygen atoms in total. The van der Waals surface area contributed by atoms with E-state index in [0.29, 0.717) is 16.3 Å². The second kappa shape index (κ2) is 8.77. The number of aryl methyl sites for hydroxylation is 3. The van der Waals surface area contributed by atoms with Gasteiger partial charge in [0.2, 0.25) is 15.9 Å². The molecule has 2 aromatic rings. The molecule has 0 unspecified atom stereocenters. The van der Waals surface area contributed by atoms with Crippen LogP contribution in [0.15, 0.2) is 18.2 Å². The molecule has 1 heterocycles. The van der Waals surface area contributed by atoms with Gasteiger partial charge in [0.15, 0.2) is 0 Å². The minimum atomic E-state index is -3.69. The van der Waals surface area contributed by atoms with Crippen molar-refractivity contribution in [1.29, 1.82) is 0 Å². The Labute approximate surface area is 181 Å². The predicted octanol–water partition coefficient (Wildman–Crippen LogP) is 3.44. The number of esters is 1. The van der Waals surface area contributed by atoms with Gasteiger partial charge < -0.3 is 10.1 Å². The maximum absolute atomic E-state index is 12.9. The number of carbonyl (C=O) groups is 2. The minimum Gasteiger partial charge on any atom is -0.465 e. The Morgan fingerprint density at radius 3 is 2.57 bits per heavy atom. The summed E-state index contributed by atoms with van der Waals surface area (Å²) >= 11 is 1.37. The fourth-order valence-electron chi connectivity index (χ4n) is 3.64. The quantitative estimate of drug-likeness (QED) is 0.681. The lowest BCUT2D eigenvalue weighted by molar-refractivity contribution is -0.114. The van der Waals surface area contributed by atoms with E-state index >= 15 is 0 Å². The molecule has 0 radical (unpaired) electrons. The molecule has 0 spiro atoms. The number of anilines is 2. The van der Waals surface area contributed by atoms with Crippen molar-refractivity contribution in [3.8, 4) is 0 Å². The molecule has 0 fully saturated rings. The maximum Gasteiger partial charge on any atom is 0.341 e. The molecule has 30 heavy (non-hydrogen) atoms. The van der Waals surface area contributed by atoms with Crippen molar-refractivity contribution in [2.75, 3.05) is 29.5 Å². The van der Waals surface area contributed by atoms with Crippen LogP contribution in [0.1, 0.15) is 44.8 Å². The van der Waals surface area contributed by atoms with Crippen LogP contribution < -0.4 is 9.62 Å². The topological polar surface area (TPSA) is 92.8 Å².